The van der Waals surface area contributed by atoms with Gasteiger partial charge < -0.3 is 10.6 Å². The van der Waals surface area contributed by atoms with Crippen molar-refractivity contribution < 1.29 is 4.79 Å². The molecule has 1 fully saturated rings. The molecule has 0 bridgehead atoms. The Kier molecular flexibility index (Phi) is 4.31. The Morgan fingerprint density at radius 1 is 1.38 bits per heavy atom. The third kappa shape index (κ3) is 3.70. The van der Waals surface area contributed by atoms with Crippen LogP contribution in [0, 0.1) is 5.92 Å². The second-order valence-electron chi connectivity index (χ2n) is 5.44. The molecule has 0 spiro atoms. The lowest BCUT2D eigenvalue weighted by atomic mass is 9.99. The maximum absolute atomic E-state index is 12.1. The average molecular weight is 284 g/mol. The normalized spacial score (nSPS) is 18.4. The van der Waals surface area contributed by atoms with Gasteiger partial charge >= 0.3 is 0 Å². The zero-order valence-electron chi connectivity index (χ0n) is 12.0. The molecule has 1 aliphatic heterocycles. The Morgan fingerprint density at radius 3 is 3.00 bits per heavy atom. The summed E-state index contributed by atoms with van der Waals surface area (Å²) < 4.78 is 1.84. The van der Waals surface area contributed by atoms with Crippen LogP contribution in [-0.4, -0.2) is 28.8 Å². The van der Waals surface area contributed by atoms with Gasteiger partial charge in [-0.15, -0.1) is 0 Å². The first-order valence-corrected chi connectivity index (χ1v) is 7.39. The second kappa shape index (κ2) is 6.54. The largest absolute Gasteiger partial charge is 0.323 e. The van der Waals surface area contributed by atoms with Gasteiger partial charge in [0.25, 0.3) is 0 Å². The number of amides is 1. The molecule has 0 saturated carbocycles. The number of hydrogen-bond acceptors (Lipinski definition) is 3. The third-order valence-electron chi connectivity index (χ3n) is 3.76. The molecule has 5 heteroatoms. The Morgan fingerprint density at radius 2 is 2.24 bits per heavy atom. The minimum Gasteiger partial charge on any atom is -0.323 e. The summed E-state index contributed by atoms with van der Waals surface area (Å²) in [5.74, 6) is 0.151. The van der Waals surface area contributed by atoms with Gasteiger partial charge in [0, 0.05) is 12.7 Å². The van der Waals surface area contributed by atoms with Crippen molar-refractivity contribution in [1.29, 1.82) is 0 Å². The first kappa shape index (κ1) is 13.8. The van der Waals surface area contributed by atoms with Crippen molar-refractivity contribution in [3.8, 4) is 0 Å². The van der Waals surface area contributed by atoms with E-state index in [0.29, 0.717) is 6.54 Å². The molecule has 110 valence electrons. The zero-order chi connectivity index (χ0) is 14.5. The molecule has 2 N–H and O–H groups in total. The highest BCUT2D eigenvalue weighted by molar-refractivity contribution is 5.92. The number of piperidine rings is 1. The van der Waals surface area contributed by atoms with E-state index in [2.05, 4.69) is 27.9 Å². The van der Waals surface area contributed by atoms with Crippen LogP contribution in [0.25, 0.3) is 0 Å². The molecule has 2 heterocycles. The summed E-state index contributed by atoms with van der Waals surface area (Å²) in [5, 5.41) is 10.5. The fraction of sp³-hybridized carbons (Fsp3) is 0.375. The number of anilines is 1. The first-order chi connectivity index (χ1) is 10.3. The lowest BCUT2D eigenvalue weighted by Crippen LogP contribution is -2.37. The molecular weight excluding hydrogens is 264 g/mol. The highest BCUT2D eigenvalue weighted by Crippen LogP contribution is 2.14. The van der Waals surface area contributed by atoms with Gasteiger partial charge in [-0.25, -0.2) is 0 Å². The second-order valence-corrected chi connectivity index (χ2v) is 5.44. The van der Waals surface area contributed by atoms with E-state index in [1.165, 1.54) is 5.56 Å². The molecule has 1 saturated heterocycles. The number of carbonyl (C=O) groups is 1. The highest BCUT2D eigenvalue weighted by Gasteiger charge is 2.21. The Hall–Kier alpha value is -2.14. The monoisotopic (exact) mass is 284 g/mol. The van der Waals surface area contributed by atoms with Gasteiger partial charge in [-0.05, 0) is 24.9 Å². The summed E-state index contributed by atoms with van der Waals surface area (Å²) in [6, 6.07) is 10.1. The predicted molar refractivity (Wildman–Crippen MR) is 82.0 cm³/mol. The van der Waals surface area contributed by atoms with Crippen molar-refractivity contribution in [2.24, 2.45) is 5.92 Å². The molecular formula is C16H20N4O. The summed E-state index contributed by atoms with van der Waals surface area (Å²) in [6.45, 7) is 2.49. The Labute approximate surface area is 124 Å². The Balaban J connectivity index is 1.58. The molecule has 0 aliphatic carbocycles. The maximum Gasteiger partial charge on any atom is 0.228 e. The van der Waals surface area contributed by atoms with E-state index >= 15 is 0 Å². The quantitative estimate of drug-likeness (QED) is 0.901. The summed E-state index contributed by atoms with van der Waals surface area (Å²) in [7, 11) is 0. The highest BCUT2D eigenvalue weighted by atomic mass is 16.1. The molecule has 2 aromatic rings. The van der Waals surface area contributed by atoms with Gasteiger partial charge in [-0.3, -0.25) is 9.48 Å². The number of nitrogens with zero attached hydrogens (tertiary/aromatic N) is 2. The van der Waals surface area contributed by atoms with Crippen LogP contribution >= 0.6 is 0 Å². The smallest absolute Gasteiger partial charge is 0.228 e. The van der Waals surface area contributed by atoms with Crippen molar-refractivity contribution >= 4 is 11.6 Å². The summed E-state index contributed by atoms with van der Waals surface area (Å²) in [6.07, 6.45) is 5.60. The molecule has 3 rings (SSSR count). The van der Waals surface area contributed by atoms with E-state index < -0.39 is 0 Å². The summed E-state index contributed by atoms with van der Waals surface area (Å²) >= 11 is 0. The van der Waals surface area contributed by atoms with Crippen molar-refractivity contribution in [2.75, 3.05) is 18.4 Å². The molecule has 21 heavy (non-hydrogen) atoms. The molecule has 1 atom stereocenters. The number of carbonyl (C=O) groups excluding carboxylic acids is 1. The molecule has 1 aliphatic rings. The predicted octanol–water partition coefficient (Wildman–Crippen LogP) is 1.87. The maximum atomic E-state index is 12.1. The minimum atomic E-state index is 0.0659. The van der Waals surface area contributed by atoms with Crippen LogP contribution in [0.15, 0.2) is 42.7 Å². The topological polar surface area (TPSA) is 59.0 Å². The van der Waals surface area contributed by atoms with E-state index in [4.69, 9.17) is 0 Å². The van der Waals surface area contributed by atoms with Crippen LogP contribution in [0.4, 0.5) is 5.69 Å². The van der Waals surface area contributed by atoms with Gasteiger partial charge in [0.2, 0.25) is 5.91 Å². The number of nitrogens with one attached hydrogen (secondary N) is 2. The lowest BCUT2D eigenvalue weighted by molar-refractivity contribution is -0.120. The molecule has 1 amide bonds. The van der Waals surface area contributed by atoms with Crippen LogP contribution in [0.5, 0.6) is 0 Å². The standard InChI is InChI=1S/C16H20N4O/c21-16(14-7-4-8-17-9-14)19-15-10-18-20(12-15)11-13-5-2-1-3-6-13/h1-3,5-6,10,12,14,17H,4,7-9,11H2,(H,19,21)/t14-/m0/s1. The number of aromatic nitrogens is 2. The van der Waals surface area contributed by atoms with Crippen LogP contribution < -0.4 is 10.6 Å². The average Bonchev–Trinajstić information content (AvgIpc) is 2.96. The zero-order valence-corrected chi connectivity index (χ0v) is 12.0. The first-order valence-electron chi connectivity index (χ1n) is 7.39. The number of hydrogen-bond donors (Lipinski definition) is 2. The van der Waals surface area contributed by atoms with E-state index in [0.717, 1.165) is 31.6 Å². The lowest BCUT2D eigenvalue weighted by Gasteiger charge is -2.21. The SMILES string of the molecule is O=C(Nc1cnn(Cc2ccccc2)c1)[C@H]1CCCNC1. The number of benzene rings is 1. The fourth-order valence-corrected chi connectivity index (χ4v) is 2.61. The number of rotatable bonds is 4. The molecule has 5 nitrogen and oxygen atoms in total. The minimum absolute atomic E-state index is 0.0659. The summed E-state index contributed by atoms with van der Waals surface area (Å²) in [5.41, 5.74) is 1.96. The van der Waals surface area contributed by atoms with E-state index in [1.54, 1.807) is 6.20 Å². The summed E-state index contributed by atoms with van der Waals surface area (Å²) in [4.78, 5) is 12.1. The van der Waals surface area contributed by atoms with Crippen molar-refractivity contribution in [3.05, 3.63) is 48.3 Å². The van der Waals surface area contributed by atoms with E-state index in [-0.39, 0.29) is 11.8 Å². The third-order valence-corrected chi connectivity index (χ3v) is 3.76. The van der Waals surface area contributed by atoms with Gasteiger partial charge in [0.05, 0.1) is 24.3 Å². The molecule has 0 radical (unpaired) electrons. The van der Waals surface area contributed by atoms with Crippen molar-refractivity contribution in [2.45, 2.75) is 19.4 Å². The molecule has 1 aromatic carbocycles. The molecule has 0 unspecified atom stereocenters. The van der Waals surface area contributed by atoms with Crippen molar-refractivity contribution in [1.82, 2.24) is 15.1 Å². The van der Waals surface area contributed by atoms with Gasteiger partial charge in [0.15, 0.2) is 0 Å². The Bertz CT molecular complexity index is 587. The van der Waals surface area contributed by atoms with Gasteiger partial charge in [0.1, 0.15) is 0 Å². The van der Waals surface area contributed by atoms with Gasteiger partial charge in [-0.1, -0.05) is 30.3 Å². The van der Waals surface area contributed by atoms with Crippen molar-refractivity contribution in [3.63, 3.8) is 0 Å². The van der Waals surface area contributed by atoms with E-state index in [1.807, 2.05) is 29.1 Å². The van der Waals surface area contributed by atoms with Crippen LogP contribution in [0.3, 0.4) is 0 Å². The van der Waals surface area contributed by atoms with Crippen LogP contribution in [0.1, 0.15) is 18.4 Å². The fourth-order valence-electron chi connectivity index (χ4n) is 2.61. The molecule has 1 aromatic heterocycles. The van der Waals surface area contributed by atoms with Crippen LogP contribution in [-0.2, 0) is 11.3 Å². The van der Waals surface area contributed by atoms with Crippen LogP contribution in [0.2, 0.25) is 0 Å². The van der Waals surface area contributed by atoms with Gasteiger partial charge in [-0.2, -0.15) is 5.10 Å². The van der Waals surface area contributed by atoms with E-state index in [9.17, 15) is 4.79 Å².